The summed E-state index contributed by atoms with van der Waals surface area (Å²) in [6, 6.07) is 10.5. The van der Waals surface area contributed by atoms with Crippen molar-refractivity contribution in [3.8, 4) is 0 Å². The number of benzene rings is 1. The first-order chi connectivity index (χ1) is 12.5. The van der Waals surface area contributed by atoms with Gasteiger partial charge in [0, 0.05) is 12.7 Å². The predicted molar refractivity (Wildman–Crippen MR) is 102 cm³/mol. The van der Waals surface area contributed by atoms with E-state index >= 15 is 0 Å². The number of carbonyl (C=O) groups excluding carboxylic acids is 2. The van der Waals surface area contributed by atoms with E-state index in [2.05, 4.69) is 29.5 Å². The quantitative estimate of drug-likeness (QED) is 0.705. The van der Waals surface area contributed by atoms with Crippen LogP contribution < -0.4 is 10.6 Å². The van der Waals surface area contributed by atoms with Crippen molar-refractivity contribution in [3.63, 3.8) is 0 Å². The molecule has 2 rings (SSSR count). The summed E-state index contributed by atoms with van der Waals surface area (Å²) in [5, 5.41) is 5.97. The Labute approximate surface area is 154 Å². The van der Waals surface area contributed by atoms with Gasteiger partial charge in [-0.3, -0.25) is 4.79 Å². The van der Waals surface area contributed by atoms with Crippen LogP contribution in [0.4, 0.5) is 11.5 Å². The lowest BCUT2D eigenvalue weighted by Gasteiger charge is -2.11. The SMILES string of the molecule is CCOC(=O)c1ccccc1Nc1ccc(C(=O)NCCC(C)C)cn1. The fraction of sp³-hybridized carbons (Fsp3) is 0.350. The third kappa shape index (κ3) is 5.58. The van der Waals surface area contributed by atoms with Crippen molar-refractivity contribution >= 4 is 23.4 Å². The second-order valence-electron chi connectivity index (χ2n) is 6.26. The van der Waals surface area contributed by atoms with E-state index in [0.29, 0.717) is 41.7 Å². The van der Waals surface area contributed by atoms with E-state index in [-0.39, 0.29) is 5.91 Å². The van der Waals surface area contributed by atoms with Gasteiger partial charge in [0.1, 0.15) is 5.82 Å². The van der Waals surface area contributed by atoms with Crippen LogP contribution in [-0.2, 0) is 4.74 Å². The number of amides is 1. The minimum atomic E-state index is -0.392. The Morgan fingerprint density at radius 3 is 2.58 bits per heavy atom. The molecule has 0 bridgehead atoms. The van der Waals surface area contributed by atoms with E-state index in [9.17, 15) is 9.59 Å². The predicted octanol–water partition coefficient (Wildman–Crippen LogP) is 3.78. The highest BCUT2D eigenvalue weighted by molar-refractivity contribution is 5.96. The van der Waals surface area contributed by atoms with Gasteiger partial charge in [0.15, 0.2) is 0 Å². The van der Waals surface area contributed by atoms with Crippen LogP contribution in [0.15, 0.2) is 42.6 Å². The molecule has 0 spiro atoms. The van der Waals surface area contributed by atoms with E-state index in [4.69, 9.17) is 4.74 Å². The average molecular weight is 355 g/mol. The Bertz CT molecular complexity index is 742. The van der Waals surface area contributed by atoms with E-state index in [1.165, 1.54) is 6.20 Å². The molecule has 0 aliphatic heterocycles. The zero-order chi connectivity index (χ0) is 18.9. The molecule has 0 atom stereocenters. The summed E-state index contributed by atoms with van der Waals surface area (Å²) >= 11 is 0. The first-order valence-corrected chi connectivity index (χ1v) is 8.78. The third-order valence-electron chi connectivity index (χ3n) is 3.72. The summed E-state index contributed by atoms with van der Waals surface area (Å²) in [4.78, 5) is 28.4. The molecule has 0 radical (unpaired) electrons. The molecule has 0 saturated carbocycles. The normalized spacial score (nSPS) is 10.5. The van der Waals surface area contributed by atoms with Gasteiger partial charge in [0.05, 0.1) is 23.4 Å². The Morgan fingerprint density at radius 2 is 1.92 bits per heavy atom. The lowest BCUT2D eigenvalue weighted by atomic mass is 10.1. The first-order valence-electron chi connectivity index (χ1n) is 8.78. The molecule has 2 aromatic rings. The van der Waals surface area contributed by atoms with Crippen LogP contribution in [0.3, 0.4) is 0 Å². The van der Waals surface area contributed by atoms with Crippen LogP contribution in [0, 0.1) is 5.92 Å². The number of anilines is 2. The van der Waals surface area contributed by atoms with Crippen molar-refractivity contribution in [2.45, 2.75) is 27.2 Å². The summed E-state index contributed by atoms with van der Waals surface area (Å²) in [6.07, 6.45) is 2.45. The summed E-state index contributed by atoms with van der Waals surface area (Å²) < 4.78 is 5.06. The van der Waals surface area contributed by atoms with E-state index in [0.717, 1.165) is 6.42 Å². The monoisotopic (exact) mass is 355 g/mol. The lowest BCUT2D eigenvalue weighted by molar-refractivity contribution is 0.0527. The van der Waals surface area contributed by atoms with Crippen molar-refractivity contribution in [2.75, 3.05) is 18.5 Å². The second kappa shape index (κ2) is 9.56. The molecular weight excluding hydrogens is 330 g/mol. The van der Waals surface area contributed by atoms with Crippen molar-refractivity contribution in [2.24, 2.45) is 5.92 Å². The molecule has 1 amide bonds. The molecule has 0 saturated heterocycles. The lowest BCUT2D eigenvalue weighted by Crippen LogP contribution is -2.25. The summed E-state index contributed by atoms with van der Waals surface area (Å²) in [6.45, 7) is 6.94. The fourth-order valence-corrected chi connectivity index (χ4v) is 2.30. The van der Waals surface area contributed by atoms with Crippen LogP contribution in [0.2, 0.25) is 0 Å². The maximum Gasteiger partial charge on any atom is 0.340 e. The second-order valence-corrected chi connectivity index (χ2v) is 6.26. The molecule has 2 N–H and O–H groups in total. The molecule has 0 aliphatic carbocycles. The van der Waals surface area contributed by atoms with Crippen molar-refractivity contribution in [1.29, 1.82) is 0 Å². The van der Waals surface area contributed by atoms with Crippen molar-refractivity contribution in [3.05, 3.63) is 53.7 Å². The Morgan fingerprint density at radius 1 is 1.15 bits per heavy atom. The maximum atomic E-state index is 12.1. The molecule has 0 aliphatic rings. The summed E-state index contributed by atoms with van der Waals surface area (Å²) in [5.74, 6) is 0.549. The number of rotatable bonds is 8. The smallest absolute Gasteiger partial charge is 0.340 e. The molecule has 1 aromatic heterocycles. The third-order valence-corrected chi connectivity index (χ3v) is 3.72. The number of hydrogen-bond acceptors (Lipinski definition) is 5. The van der Waals surface area contributed by atoms with Gasteiger partial charge in [-0.05, 0) is 43.5 Å². The molecule has 6 nitrogen and oxygen atoms in total. The number of hydrogen-bond donors (Lipinski definition) is 2. The van der Waals surface area contributed by atoms with Crippen LogP contribution in [-0.4, -0.2) is 30.0 Å². The zero-order valence-electron chi connectivity index (χ0n) is 15.4. The highest BCUT2D eigenvalue weighted by atomic mass is 16.5. The van der Waals surface area contributed by atoms with Crippen LogP contribution in [0.5, 0.6) is 0 Å². The number of carbonyl (C=O) groups is 2. The molecule has 0 fully saturated rings. The average Bonchev–Trinajstić information content (AvgIpc) is 2.62. The van der Waals surface area contributed by atoms with E-state index < -0.39 is 5.97 Å². The van der Waals surface area contributed by atoms with E-state index in [1.807, 2.05) is 6.07 Å². The van der Waals surface area contributed by atoms with Gasteiger partial charge in [-0.2, -0.15) is 0 Å². The van der Waals surface area contributed by atoms with Crippen LogP contribution >= 0.6 is 0 Å². The number of nitrogens with zero attached hydrogens (tertiary/aromatic N) is 1. The zero-order valence-corrected chi connectivity index (χ0v) is 15.4. The molecule has 26 heavy (non-hydrogen) atoms. The summed E-state index contributed by atoms with van der Waals surface area (Å²) in [5.41, 5.74) is 1.54. The number of ether oxygens (including phenoxy) is 1. The topological polar surface area (TPSA) is 80.3 Å². The van der Waals surface area contributed by atoms with Crippen LogP contribution in [0.1, 0.15) is 47.9 Å². The largest absolute Gasteiger partial charge is 0.462 e. The van der Waals surface area contributed by atoms with Gasteiger partial charge >= 0.3 is 5.97 Å². The molecular formula is C20H25N3O3. The molecule has 1 heterocycles. The number of para-hydroxylation sites is 1. The van der Waals surface area contributed by atoms with Gasteiger partial charge in [0.2, 0.25) is 0 Å². The van der Waals surface area contributed by atoms with Gasteiger partial charge in [0.25, 0.3) is 5.91 Å². The standard InChI is InChI=1S/C20H25N3O3/c1-4-26-20(25)16-7-5-6-8-17(16)23-18-10-9-15(13-22-18)19(24)21-12-11-14(2)3/h5-10,13-14H,4,11-12H2,1-3H3,(H,21,24)(H,22,23). The fourth-order valence-electron chi connectivity index (χ4n) is 2.30. The van der Waals surface area contributed by atoms with Gasteiger partial charge in [-0.1, -0.05) is 26.0 Å². The maximum absolute atomic E-state index is 12.1. The molecule has 6 heteroatoms. The van der Waals surface area contributed by atoms with Gasteiger partial charge < -0.3 is 15.4 Å². The minimum Gasteiger partial charge on any atom is -0.462 e. The van der Waals surface area contributed by atoms with Crippen molar-refractivity contribution < 1.29 is 14.3 Å². The first kappa shape index (κ1) is 19.4. The highest BCUT2D eigenvalue weighted by Crippen LogP contribution is 2.20. The Kier molecular flexibility index (Phi) is 7.14. The molecule has 1 aromatic carbocycles. The number of nitrogens with one attached hydrogen (secondary N) is 2. The van der Waals surface area contributed by atoms with Gasteiger partial charge in [-0.25, -0.2) is 9.78 Å². The van der Waals surface area contributed by atoms with Crippen LogP contribution in [0.25, 0.3) is 0 Å². The minimum absolute atomic E-state index is 0.142. The Balaban J connectivity index is 2.04. The Hall–Kier alpha value is -2.89. The van der Waals surface area contributed by atoms with Crippen molar-refractivity contribution in [1.82, 2.24) is 10.3 Å². The molecule has 0 unspecified atom stereocenters. The molecule has 138 valence electrons. The highest BCUT2D eigenvalue weighted by Gasteiger charge is 2.12. The number of aromatic nitrogens is 1. The van der Waals surface area contributed by atoms with Gasteiger partial charge in [-0.15, -0.1) is 0 Å². The van der Waals surface area contributed by atoms with E-state index in [1.54, 1.807) is 37.3 Å². The number of esters is 1. The summed E-state index contributed by atoms with van der Waals surface area (Å²) in [7, 11) is 0. The number of pyridine rings is 1.